The summed E-state index contributed by atoms with van der Waals surface area (Å²) in [5, 5.41) is 0. The molecule has 0 unspecified atom stereocenters. The Morgan fingerprint density at radius 3 is 2.43 bits per heavy atom. The summed E-state index contributed by atoms with van der Waals surface area (Å²) < 4.78 is 4.84. The molecule has 1 rings (SSSR count). The minimum atomic E-state index is -3.80. The minimum absolute atomic E-state index is 0.170. The topological polar surface area (TPSA) is 69.9 Å². The summed E-state index contributed by atoms with van der Waals surface area (Å²) in [5.74, 6) is 0.273. The van der Waals surface area contributed by atoms with E-state index in [-0.39, 0.29) is 17.2 Å². The molecule has 0 aliphatic carbocycles. The zero-order valence-electron chi connectivity index (χ0n) is 7.15. The third-order valence-corrected chi connectivity index (χ3v) is 3.67. The molecular formula is C7H11O4PS2. The van der Waals surface area contributed by atoms with E-state index in [1.165, 1.54) is 11.8 Å². The first kappa shape index (κ1) is 12.3. The minimum Gasteiger partial charge on any atom is -0.327 e. The third-order valence-electron chi connectivity index (χ3n) is 1.19. The van der Waals surface area contributed by atoms with Crippen LogP contribution in [0.25, 0.3) is 0 Å². The maximum absolute atomic E-state index is 8.59. The van der Waals surface area contributed by atoms with Gasteiger partial charge in [0.1, 0.15) is 5.94 Å². The van der Waals surface area contributed by atoms with Crippen molar-refractivity contribution in [1.82, 2.24) is 0 Å². The van der Waals surface area contributed by atoms with Gasteiger partial charge in [-0.25, -0.2) is 0 Å². The van der Waals surface area contributed by atoms with Crippen LogP contribution < -0.4 is 0 Å². The van der Waals surface area contributed by atoms with Crippen LogP contribution in [0, 0.1) is 0 Å². The lowest BCUT2D eigenvalue weighted by atomic mass is 10.4. The summed E-state index contributed by atoms with van der Waals surface area (Å²) in [5.41, 5.74) is 0. The van der Waals surface area contributed by atoms with E-state index < -0.39 is 6.72 Å². The predicted octanol–water partition coefficient (Wildman–Crippen LogP) is 1.14. The molecule has 0 aromatic heterocycles. The Morgan fingerprint density at radius 2 is 1.86 bits per heavy atom. The lowest BCUT2D eigenvalue weighted by Crippen LogP contribution is -1.85. The SMILES string of the molecule is OP(O)(O)=[SH]OCSc1ccccc1. The molecule has 0 fully saturated rings. The highest BCUT2D eigenvalue weighted by molar-refractivity contribution is 8.14. The Balaban J connectivity index is 2.30. The molecule has 0 radical (unpaired) electrons. The summed E-state index contributed by atoms with van der Waals surface area (Å²) in [6.45, 7) is -3.80. The van der Waals surface area contributed by atoms with Gasteiger partial charge in [-0.2, -0.15) is 0 Å². The van der Waals surface area contributed by atoms with E-state index in [2.05, 4.69) is 0 Å². The summed E-state index contributed by atoms with van der Waals surface area (Å²) in [6.07, 6.45) is 0. The van der Waals surface area contributed by atoms with E-state index in [1.807, 2.05) is 30.3 Å². The van der Waals surface area contributed by atoms with Crippen molar-refractivity contribution in [2.24, 2.45) is 0 Å². The second-order valence-corrected chi connectivity index (χ2v) is 6.91. The van der Waals surface area contributed by atoms with Gasteiger partial charge in [-0.1, -0.05) is 30.0 Å². The highest BCUT2D eigenvalue weighted by atomic mass is 32.5. The molecule has 0 aliphatic heterocycles. The van der Waals surface area contributed by atoms with Crippen LogP contribution in [0.3, 0.4) is 0 Å². The van der Waals surface area contributed by atoms with Gasteiger partial charge < -0.3 is 18.9 Å². The maximum Gasteiger partial charge on any atom is 0.299 e. The molecule has 3 N–H and O–H groups in total. The van der Waals surface area contributed by atoms with Gasteiger partial charge in [0.2, 0.25) is 0 Å². The molecule has 0 spiro atoms. The standard InChI is InChI=1S/C7H11O4PS2/c8-12(9,10)14-11-6-13-7-4-2-1-3-5-7/h1-5,8-10,14H,6H2. The summed E-state index contributed by atoms with van der Waals surface area (Å²) >= 11 is 1.25. The van der Waals surface area contributed by atoms with Gasteiger partial charge in [-0.3, -0.25) is 0 Å². The zero-order valence-corrected chi connectivity index (χ0v) is 9.75. The van der Waals surface area contributed by atoms with Gasteiger partial charge in [-0.15, -0.1) is 0 Å². The molecule has 14 heavy (non-hydrogen) atoms. The summed E-state index contributed by atoms with van der Waals surface area (Å²) in [6, 6.07) is 9.56. The number of hydrogen-bond acceptors (Lipinski definition) is 2. The fraction of sp³-hybridized carbons (Fsp3) is 0.143. The molecule has 0 atom stereocenters. The van der Waals surface area contributed by atoms with Gasteiger partial charge in [0.15, 0.2) is 0 Å². The number of thioether (sulfide) groups is 1. The lowest BCUT2D eigenvalue weighted by Gasteiger charge is -2.03. The normalized spacial score (nSPS) is 11.6. The van der Waals surface area contributed by atoms with Crippen molar-refractivity contribution in [3.63, 3.8) is 0 Å². The Hall–Kier alpha value is 0.190. The number of hydrogen-bond donors (Lipinski definition) is 4. The van der Waals surface area contributed by atoms with Crippen LogP contribution >= 0.6 is 18.5 Å². The van der Waals surface area contributed by atoms with Crippen LogP contribution in [0.2, 0.25) is 0 Å². The van der Waals surface area contributed by atoms with E-state index in [4.69, 9.17) is 18.9 Å². The molecule has 0 bridgehead atoms. The Morgan fingerprint density at radius 1 is 1.21 bits per heavy atom. The van der Waals surface area contributed by atoms with Crippen LogP contribution in [0.1, 0.15) is 0 Å². The van der Waals surface area contributed by atoms with Crippen LogP contribution in [0.5, 0.6) is 0 Å². The first-order chi connectivity index (χ1) is 6.58. The van der Waals surface area contributed by atoms with Crippen LogP contribution in [0.15, 0.2) is 35.2 Å². The number of benzene rings is 1. The van der Waals surface area contributed by atoms with E-state index in [9.17, 15) is 0 Å². The molecule has 7 heteroatoms. The van der Waals surface area contributed by atoms with Crippen molar-refractivity contribution in [3.8, 4) is 0 Å². The van der Waals surface area contributed by atoms with Crippen molar-refractivity contribution < 1.29 is 18.9 Å². The van der Waals surface area contributed by atoms with E-state index in [0.717, 1.165) is 4.90 Å². The van der Waals surface area contributed by atoms with Crippen molar-refractivity contribution >= 4 is 29.7 Å². The lowest BCUT2D eigenvalue weighted by molar-refractivity contribution is 0.358. The molecule has 80 valence electrons. The highest BCUT2D eigenvalue weighted by Gasteiger charge is 2.00. The van der Waals surface area contributed by atoms with E-state index >= 15 is 0 Å². The van der Waals surface area contributed by atoms with Gasteiger partial charge in [-0.05, 0) is 12.1 Å². The molecule has 0 heterocycles. The van der Waals surface area contributed by atoms with Crippen molar-refractivity contribution in [1.29, 1.82) is 0 Å². The fourth-order valence-electron chi connectivity index (χ4n) is 0.712. The average molecular weight is 254 g/mol. The Kier molecular flexibility index (Phi) is 5.19. The van der Waals surface area contributed by atoms with Crippen LogP contribution in [-0.4, -0.2) is 20.6 Å². The second kappa shape index (κ2) is 5.92. The van der Waals surface area contributed by atoms with Gasteiger partial charge in [0.05, 0.1) is 0 Å². The number of thiol groups is 1. The molecule has 0 saturated heterocycles. The van der Waals surface area contributed by atoms with Gasteiger partial charge >= 0.3 is 0 Å². The largest absolute Gasteiger partial charge is 0.327 e. The summed E-state index contributed by atoms with van der Waals surface area (Å²) in [7, 11) is 0. The zero-order chi connectivity index (χ0) is 10.4. The maximum atomic E-state index is 8.59. The smallest absolute Gasteiger partial charge is 0.299 e. The molecule has 0 amide bonds. The Bertz CT molecular complexity index is 315. The number of rotatable bonds is 4. The van der Waals surface area contributed by atoms with E-state index in [1.54, 1.807) is 0 Å². The molecular weight excluding hydrogens is 243 g/mol. The average Bonchev–Trinajstić information content (AvgIpc) is 2.13. The molecule has 0 aliphatic rings. The quantitative estimate of drug-likeness (QED) is 0.213. The van der Waals surface area contributed by atoms with Crippen LogP contribution in [-0.2, 0) is 15.4 Å². The fourth-order valence-corrected chi connectivity index (χ4v) is 2.64. The van der Waals surface area contributed by atoms with Crippen LogP contribution in [0.4, 0.5) is 0 Å². The first-order valence-corrected chi connectivity index (χ1v) is 7.83. The van der Waals surface area contributed by atoms with Crippen molar-refractivity contribution in [2.45, 2.75) is 4.90 Å². The molecule has 1 aromatic rings. The monoisotopic (exact) mass is 254 g/mol. The molecule has 1 aromatic carbocycles. The van der Waals surface area contributed by atoms with Gasteiger partial charge in [0, 0.05) is 16.1 Å². The Labute approximate surface area is 90.0 Å². The molecule has 4 nitrogen and oxygen atoms in total. The molecule has 0 saturated carbocycles. The van der Waals surface area contributed by atoms with E-state index in [0.29, 0.717) is 0 Å². The first-order valence-electron chi connectivity index (χ1n) is 3.67. The summed E-state index contributed by atoms with van der Waals surface area (Å²) in [4.78, 5) is 26.8. The highest BCUT2D eigenvalue weighted by Crippen LogP contribution is 2.31. The van der Waals surface area contributed by atoms with Gasteiger partial charge in [0.25, 0.3) is 6.72 Å². The van der Waals surface area contributed by atoms with Crippen molar-refractivity contribution in [3.05, 3.63) is 30.3 Å². The van der Waals surface area contributed by atoms with Crippen molar-refractivity contribution in [2.75, 3.05) is 5.94 Å². The second-order valence-electron chi connectivity index (χ2n) is 2.32. The predicted molar refractivity (Wildman–Crippen MR) is 60.6 cm³/mol. The third kappa shape index (κ3) is 5.82.